The van der Waals surface area contributed by atoms with Gasteiger partial charge in [-0.05, 0) is 49.9 Å². The number of pyridine rings is 1. The Balaban J connectivity index is 2.04. The summed E-state index contributed by atoms with van der Waals surface area (Å²) in [5.41, 5.74) is 1.45. The number of anilines is 1. The molecule has 1 aliphatic rings. The molecule has 1 N–H and O–H groups in total. The summed E-state index contributed by atoms with van der Waals surface area (Å²) in [6.45, 7) is 7.86. The number of rotatable bonds is 3. The largest absolute Gasteiger partial charge is 0.373 e. The molecule has 1 aliphatic heterocycles. The lowest BCUT2D eigenvalue weighted by Crippen LogP contribution is -2.25. The summed E-state index contributed by atoms with van der Waals surface area (Å²) in [5, 5.41) is 3.84. The second kappa shape index (κ2) is 6.10. The zero-order valence-electron chi connectivity index (χ0n) is 12.2. The van der Waals surface area contributed by atoms with E-state index in [4.69, 9.17) is 11.6 Å². The molecule has 3 nitrogen and oxygen atoms in total. The minimum atomic E-state index is 0.471. The van der Waals surface area contributed by atoms with Crippen LogP contribution in [0.4, 0.5) is 5.82 Å². The van der Waals surface area contributed by atoms with Crippen molar-refractivity contribution in [3.05, 3.63) is 22.8 Å². The molecule has 1 aromatic heterocycles. The maximum absolute atomic E-state index is 6.25. The molecule has 106 valence electrons. The van der Waals surface area contributed by atoms with Crippen LogP contribution in [-0.2, 0) is 6.54 Å². The van der Waals surface area contributed by atoms with Crippen molar-refractivity contribution < 1.29 is 0 Å². The normalized spacial score (nSPS) is 20.0. The van der Waals surface area contributed by atoms with Gasteiger partial charge < -0.3 is 5.32 Å². The Hall–Kier alpha value is -0.800. The summed E-state index contributed by atoms with van der Waals surface area (Å²) in [6.07, 6.45) is 3.81. The number of halogens is 1. The Morgan fingerprint density at radius 3 is 2.84 bits per heavy atom. The van der Waals surface area contributed by atoms with Crippen LogP contribution in [-0.4, -0.2) is 30.0 Å². The van der Waals surface area contributed by atoms with Crippen molar-refractivity contribution in [2.45, 2.75) is 39.7 Å². The average Bonchev–Trinajstić information content (AvgIpc) is 2.54. The van der Waals surface area contributed by atoms with Gasteiger partial charge in [0.2, 0.25) is 0 Å². The van der Waals surface area contributed by atoms with Crippen LogP contribution in [0.1, 0.15) is 38.8 Å². The molecule has 0 spiro atoms. The van der Waals surface area contributed by atoms with Gasteiger partial charge in [-0.1, -0.05) is 25.4 Å². The second-order valence-corrected chi connectivity index (χ2v) is 6.58. The van der Waals surface area contributed by atoms with E-state index in [2.05, 4.69) is 29.0 Å². The molecular weight excluding hydrogens is 258 g/mol. The lowest BCUT2D eigenvalue weighted by molar-refractivity contribution is 0.253. The molecule has 0 unspecified atom stereocenters. The summed E-state index contributed by atoms with van der Waals surface area (Å²) in [5.74, 6) is 0.884. The molecule has 0 radical (unpaired) electrons. The molecular formula is C15H24ClN3. The third-order valence-electron chi connectivity index (χ3n) is 3.98. The van der Waals surface area contributed by atoms with E-state index < -0.39 is 0 Å². The fourth-order valence-electron chi connectivity index (χ4n) is 2.58. The van der Waals surface area contributed by atoms with Crippen LogP contribution >= 0.6 is 11.6 Å². The van der Waals surface area contributed by atoms with E-state index in [0.717, 1.165) is 36.2 Å². The van der Waals surface area contributed by atoms with Gasteiger partial charge in [-0.2, -0.15) is 0 Å². The Morgan fingerprint density at radius 1 is 1.32 bits per heavy atom. The molecule has 0 aliphatic carbocycles. The number of aromatic nitrogens is 1. The molecule has 1 fully saturated rings. The van der Waals surface area contributed by atoms with Crippen LogP contribution in [0.3, 0.4) is 0 Å². The van der Waals surface area contributed by atoms with E-state index in [1.165, 1.54) is 19.3 Å². The Labute approximate surface area is 121 Å². The average molecular weight is 282 g/mol. The first-order chi connectivity index (χ1) is 9.00. The van der Waals surface area contributed by atoms with Crippen molar-refractivity contribution >= 4 is 17.4 Å². The maximum Gasteiger partial charge on any atom is 0.126 e. The van der Waals surface area contributed by atoms with Gasteiger partial charge in [-0.15, -0.1) is 0 Å². The molecule has 0 bridgehead atoms. The van der Waals surface area contributed by atoms with Gasteiger partial charge >= 0.3 is 0 Å². The van der Waals surface area contributed by atoms with Crippen LogP contribution in [0, 0.1) is 5.41 Å². The molecule has 0 saturated carbocycles. The van der Waals surface area contributed by atoms with Crippen LogP contribution in [0.15, 0.2) is 12.1 Å². The zero-order chi connectivity index (χ0) is 13.9. The number of nitrogens with one attached hydrogen (secondary N) is 1. The number of hydrogen-bond donors (Lipinski definition) is 1. The highest BCUT2D eigenvalue weighted by atomic mass is 35.5. The molecule has 19 heavy (non-hydrogen) atoms. The molecule has 0 amide bonds. The molecule has 2 heterocycles. The van der Waals surface area contributed by atoms with Gasteiger partial charge in [0.1, 0.15) is 5.82 Å². The number of nitrogens with zero attached hydrogens (tertiary/aromatic N) is 2. The van der Waals surface area contributed by atoms with Gasteiger partial charge in [-0.25, -0.2) is 4.98 Å². The number of likely N-dealkylation sites (tertiary alicyclic amines) is 1. The minimum Gasteiger partial charge on any atom is -0.373 e. The van der Waals surface area contributed by atoms with E-state index in [0.29, 0.717) is 5.41 Å². The minimum absolute atomic E-state index is 0.471. The van der Waals surface area contributed by atoms with Crippen LogP contribution < -0.4 is 5.32 Å². The molecule has 4 heteroatoms. The quantitative estimate of drug-likeness (QED) is 0.914. The van der Waals surface area contributed by atoms with Gasteiger partial charge in [0.05, 0.1) is 10.7 Å². The first-order valence-corrected chi connectivity index (χ1v) is 7.43. The van der Waals surface area contributed by atoms with E-state index in [-0.39, 0.29) is 0 Å². The molecule has 2 rings (SSSR count). The number of hydrogen-bond acceptors (Lipinski definition) is 3. The summed E-state index contributed by atoms with van der Waals surface area (Å²) < 4.78 is 0. The summed E-state index contributed by atoms with van der Waals surface area (Å²) >= 11 is 6.25. The Morgan fingerprint density at radius 2 is 2.11 bits per heavy atom. The van der Waals surface area contributed by atoms with Crippen molar-refractivity contribution in [3.8, 4) is 0 Å². The first-order valence-electron chi connectivity index (χ1n) is 7.06. The van der Waals surface area contributed by atoms with Gasteiger partial charge in [0, 0.05) is 13.6 Å². The van der Waals surface area contributed by atoms with Gasteiger partial charge in [-0.3, -0.25) is 4.90 Å². The highest BCUT2D eigenvalue weighted by molar-refractivity contribution is 6.31. The van der Waals surface area contributed by atoms with Crippen molar-refractivity contribution in [1.82, 2.24) is 9.88 Å². The van der Waals surface area contributed by atoms with Crippen LogP contribution in [0.2, 0.25) is 5.02 Å². The van der Waals surface area contributed by atoms with E-state index in [9.17, 15) is 0 Å². The molecule has 1 saturated heterocycles. The van der Waals surface area contributed by atoms with Crippen LogP contribution in [0.5, 0.6) is 0 Å². The fourth-order valence-corrected chi connectivity index (χ4v) is 2.75. The van der Waals surface area contributed by atoms with Crippen molar-refractivity contribution in [1.29, 1.82) is 0 Å². The summed E-state index contributed by atoms with van der Waals surface area (Å²) in [4.78, 5) is 7.04. The smallest absolute Gasteiger partial charge is 0.126 e. The first kappa shape index (κ1) is 14.6. The topological polar surface area (TPSA) is 28.2 Å². The van der Waals surface area contributed by atoms with Gasteiger partial charge in [0.25, 0.3) is 0 Å². The lowest BCUT2D eigenvalue weighted by Gasteiger charge is -2.23. The van der Waals surface area contributed by atoms with Crippen molar-refractivity contribution in [2.24, 2.45) is 5.41 Å². The molecule has 1 aromatic rings. The Bertz CT molecular complexity index is 431. The SMILES string of the molecule is CNc1ccc(Cl)c(CN2CCCC(C)(C)CC2)n1. The highest BCUT2D eigenvalue weighted by Gasteiger charge is 2.23. The van der Waals surface area contributed by atoms with Crippen molar-refractivity contribution in [3.63, 3.8) is 0 Å². The molecule has 0 aromatic carbocycles. The predicted molar refractivity (Wildman–Crippen MR) is 81.7 cm³/mol. The van der Waals surface area contributed by atoms with Gasteiger partial charge in [0.15, 0.2) is 0 Å². The van der Waals surface area contributed by atoms with E-state index >= 15 is 0 Å². The molecule has 0 atom stereocenters. The Kier molecular flexibility index (Phi) is 4.69. The maximum atomic E-state index is 6.25. The van der Waals surface area contributed by atoms with Crippen molar-refractivity contribution in [2.75, 3.05) is 25.5 Å². The third kappa shape index (κ3) is 4.08. The zero-order valence-corrected chi connectivity index (χ0v) is 12.9. The van der Waals surface area contributed by atoms with E-state index in [1.54, 1.807) is 0 Å². The fraction of sp³-hybridized carbons (Fsp3) is 0.667. The lowest BCUT2D eigenvalue weighted by atomic mass is 9.85. The third-order valence-corrected chi connectivity index (χ3v) is 4.32. The highest BCUT2D eigenvalue weighted by Crippen LogP contribution is 2.30. The standard InChI is InChI=1S/C15H24ClN3/c1-15(2)7-4-9-19(10-8-15)11-13-12(16)5-6-14(17-3)18-13/h5-6H,4,7-11H2,1-3H3,(H,17,18). The second-order valence-electron chi connectivity index (χ2n) is 6.17. The monoisotopic (exact) mass is 281 g/mol. The van der Waals surface area contributed by atoms with Crippen LogP contribution in [0.25, 0.3) is 0 Å². The van der Waals surface area contributed by atoms with E-state index in [1.807, 2.05) is 19.2 Å². The predicted octanol–water partition coefficient (Wildman–Crippen LogP) is 3.79. The summed E-state index contributed by atoms with van der Waals surface area (Å²) in [6, 6.07) is 3.84. The summed E-state index contributed by atoms with van der Waals surface area (Å²) in [7, 11) is 1.88.